The first kappa shape index (κ1) is 13.7. The van der Waals surface area contributed by atoms with Crippen LogP contribution < -0.4 is 0 Å². The normalized spacial score (nSPS) is 15.6. The van der Waals surface area contributed by atoms with E-state index < -0.39 is 18.5 Å². The number of alkyl halides is 4. The molecule has 0 bridgehead atoms. The Morgan fingerprint density at radius 2 is 1.71 bits per heavy atom. The van der Waals surface area contributed by atoms with Crippen LogP contribution >= 0.6 is 0 Å². The molecule has 1 unspecified atom stereocenters. The van der Waals surface area contributed by atoms with Gasteiger partial charge in [-0.05, 0) is 5.92 Å². The maximum atomic E-state index is 12.6. The van der Waals surface area contributed by atoms with Gasteiger partial charge in [0.1, 0.15) is 6.61 Å². The van der Waals surface area contributed by atoms with Crippen molar-refractivity contribution in [3.63, 3.8) is 0 Å². The van der Waals surface area contributed by atoms with Gasteiger partial charge in [-0.3, -0.25) is 0 Å². The Morgan fingerprint density at radius 3 is 2.07 bits per heavy atom. The van der Waals surface area contributed by atoms with E-state index in [0.717, 1.165) is 6.42 Å². The first-order chi connectivity index (χ1) is 6.20. The Morgan fingerprint density at radius 1 is 1.21 bits per heavy atom. The second kappa shape index (κ2) is 4.96. The lowest BCUT2D eigenvalue weighted by atomic mass is 10.1. The fourth-order valence-electron chi connectivity index (χ4n) is 0.633. The lowest BCUT2D eigenvalue weighted by molar-refractivity contribution is -0.223. The largest absolute Gasteiger partial charge is 0.375 e. The summed E-state index contributed by atoms with van der Waals surface area (Å²) in [5.41, 5.74) is 0. The molecule has 1 atom stereocenters. The summed E-state index contributed by atoms with van der Waals surface area (Å²) in [5, 5.41) is 0. The van der Waals surface area contributed by atoms with Gasteiger partial charge in [0.25, 0.3) is 0 Å². The van der Waals surface area contributed by atoms with Crippen LogP contribution in [0.3, 0.4) is 0 Å². The third kappa shape index (κ3) is 4.26. The van der Waals surface area contributed by atoms with Crippen molar-refractivity contribution in [2.24, 2.45) is 5.92 Å². The molecule has 0 saturated heterocycles. The molecule has 0 aliphatic carbocycles. The van der Waals surface area contributed by atoms with Gasteiger partial charge < -0.3 is 4.74 Å². The van der Waals surface area contributed by atoms with Crippen molar-refractivity contribution in [2.75, 3.05) is 13.2 Å². The summed E-state index contributed by atoms with van der Waals surface area (Å²) in [5.74, 6) is -8.00. The Kier molecular flexibility index (Phi) is 4.84. The molecule has 0 saturated carbocycles. The van der Waals surface area contributed by atoms with Crippen molar-refractivity contribution in [1.82, 2.24) is 0 Å². The number of halogens is 4. The van der Waals surface area contributed by atoms with Gasteiger partial charge in [-0.15, -0.1) is 0 Å². The number of hydrogen-bond donors (Lipinski definition) is 0. The van der Waals surface area contributed by atoms with Crippen molar-refractivity contribution >= 4 is 0 Å². The van der Waals surface area contributed by atoms with E-state index in [1.807, 2.05) is 13.8 Å². The predicted molar refractivity (Wildman–Crippen MR) is 45.8 cm³/mol. The minimum absolute atomic E-state index is 0.0855. The molecule has 0 rings (SSSR count). The van der Waals surface area contributed by atoms with Crippen molar-refractivity contribution in [3.8, 4) is 0 Å². The van der Waals surface area contributed by atoms with E-state index in [1.54, 1.807) is 0 Å². The fourth-order valence-corrected chi connectivity index (χ4v) is 0.633. The molecule has 5 heteroatoms. The minimum Gasteiger partial charge on any atom is -0.375 e. The third-order valence-corrected chi connectivity index (χ3v) is 2.02. The Hall–Kier alpha value is -0.320. The Bertz CT molecular complexity index is 165. The molecule has 0 aliphatic rings. The highest BCUT2D eigenvalue weighted by molar-refractivity contribution is 4.79. The van der Waals surface area contributed by atoms with E-state index >= 15 is 0 Å². The molecule has 0 fully saturated rings. The summed E-state index contributed by atoms with van der Waals surface area (Å²) in [6.07, 6.45) is 0.772. The van der Waals surface area contributed by atoms with Crippen LogP contribution in [0, 0.1) is 5.92 Å². The van der Waals surface area contributed by atoms with Crippen LogP contribution in [0.5, 0.6) is 0 Å². The molecule has 0 amide bonds. The molecule has 0 aromatic heterocycles. The SMILES string of the molecule is CCC(C)COCC(F)(F)C(C)(F)F. The summed E-state index contributed by atoms with van der Waals surface area (Å²) < 4.78 is 54.3. The maximum Gasteiger partial charge on any atom is 0.332 e. The molecule has 0 aromatic rings. The number of hydrogen-bond acceptors (Lipinski definition) is 1. The van der Waals surface area contributed by atoms with Gasteiger partial charge in [0.15, 0.2) is 0 Å². The number of rotatable bonds is 6. The van der Waals surface area contributed by atoms with Gasteiger partial charge in [0, 0.05) is 13.5 Å². The average Bonchev–Trinajstić information content (AvgIpc) is 2.01. The highest BCUT2D eigenvalue weighted by Crippen LogP contribution is 2.33. The van der Waals surface area contributed by atoms with E-state index in [9.17, 15) is 17.6 Å². The zero-order valence-electron chi connectivity index (χ0n) is 8.62. The van der Waals surface area contributed by atoms with Gasteiger partial charge in [-0.1, -0.05) is 20.3 Å². The highest BCUT2D eigenvalue weighted by atomic mass is 19.3. The minimum atomic E-state index is -4.08. The molecule has 1 nitrogen and oxygen atoms in total. The smallest absolute Gasteiger partial charge is 0.332 e. The Balaban J connectivity index is 3.89. The standard InChI is InChI=1S/C9H16F4O/c1-4-7(2)5-14-6-9(12,13)8(3,10)11/h7H,4-6H2,1-3H3. The molecule has 0 N–H and O–H groups in total. The molecule has 0 spiro atoms. The molecule has 0 radical (unpaired) electrons. The predicted octanol–water partition coefficient (Wildman–Crippen LogP) is 3.34. The van der Waals surface area contributed by atoms with E-state index in [2.05, 4.69) is 4.74 Å². The van der Waals surface area contributed by atoms with Gasteiger partial charge in [0.2, 0.25) is 0 Å². The summed E-state index contributed by atoms with van der Waals surface area (Å²) in [4.78, 5) is 0. The van der Waals surface area contributed by atoms with Crippen LogP contribution in [-0.2, 0) is 4.74 Å². The van der Waals surface area contributed by atoms with Crippen LogP contribution in [0.1, 0.15) is 27.2 Å². The molecule has 0 heterocycles. The first-order valence-electron chi connectivity index (χ1n) is 4.54. The van der Waals surface area contributed by atoms with E-state index in [1.165, 1.54) is 0 Å². The van der Waals surface area contributed by atoms with E-state index in [4.69, 9.17) is 0 Å². The van der Waals surface area contributed by atoms with Gasteiger partial charge >= 0.3 is 11.8 Å². The summed E-state index contributed by atoms with van der Waals surface area (Å²) >= 11 is 0. The van der Waals surface area contributed by atoms with Crippen molar-refractivity contribution in [2.45, 2.75) is 39.0 Å². The third-order valence-electron chi connectivity index (χ3n) is 2.02. The fraction of sp³-hybridized carbons (Fsp3) is 1.00. The second-order valence-corrected chi connectivity index (χ2v) is 3.62. The van der Waals surface area contributed by atoms with Crippen LogP contribution in [-0.4, -0.2) is 25.1 Å². The lowest BCUT2D eigenvalue weighted by Crippen LogP contribution is -2.42. The number of ether oxygens (including phenoxy) is 1. The van der Waals surface area contributed by atoms with Crippen molar-refractivity contribution in [1.29, 1.82) is 0 Å². The molecule has 0 aliphatic heterocycles. The second-order valence-electron chi connectivity index (χ2n) is 3.62. The van der Waals surface area contributed by atoms with Crippen molar-refractivity contribution < 1.29 is 22.3 Å². The molecular formula is C9H16F4O. The van der Waals surface area contributed by atoms with Crippen LogP contribution in [0.25, 0.3) is 0 Å². The highest BCUT2D eigenvalue weighted by Gasteiger charge is 2.52. The zero-order chi connectivity index (χ0) is 11.4. The molecular weight excluding hydrogens is 200 g/mol. The van der Waals surface area contributed by atoms with Crippen LogP contribution in [0.2, 0.25) is 0 Å². The monoisotopic (exact) mass is 216 g/mol. The van der Waals surface area contributed by atoms with E-state index in [0.29, 0.717) is 0 Å². The van der Waals surface area contributed by atoms with Gasteiger partial charge in [-0.2, -0.15) is 8.78 Å². The van der Waals surface area contributed by atoms with Crippen LogP contribution in [0.15, 0.2) is 0 Å². The summed E-state index contributed by atoms with van der Waals surface area (Å²) in [7, 11) is 0. The average molecular weight is 216 g/mol. The van der Waals surface area contributed by atoms with Gasteiger partial charge in [-0.25, -0.2) is 8.78 Å². The van der Waals surface area contributed by atoms with Crippen LogP contribution in [0.4, 0.5) is 17.6 Å². The molecule has 14 heavy (non-hydrogen) atoms. The lowest BCUT2D eigenvalue weighted by Gasteiger charge is -2.23. The summed E-state index contributed by atoms with van der Waals surface area (Å²) in [6.45, 7) is 2.74. The van der Waals surface area contributed by atoms with Gasteiger partial charge in [0.05, 0.1) is 0 Å². The van der Waals surface area contributed by atoms with Crippen molar-refractivity contribution in [3.05, 3.63) is 0 Å². The van der Waals surface area contributed by atoms with E-state index in [-0.39, 0.29) is 19.4 Å². The quantitative estimate of drug-likeness (QED) is 0.619. The molecule has 0 aromatic carbocycles. The maximum absolute atomic E-state index is 12.6. The topological polar surface area (TPSA) is 9.23 Å². The molecule has 86 valence electrons. The zero-order valence-corrected chi connectivity index (χ0v) is 8.62. The first-order valence-corrected chi connectivity index (χ1v) is 4.54. The Labute approximate surface area is 81.4 Å². The summed E-state index contributed by atoms with van der Waals surface area (Å²) in [6, 6.07) is 0.